The molecule has 154 valence electrons. The van der Waals surface area contributed by atoms with Gasteiger partial charge >= 0.3 is 0 Å². The van der Waals surface area contributed by atoms with Gasteiger partial charge in [0.1, 0.15) is 16.5 Å². The second-order valence-corrected chi connectivity index (χ2v) is 8.38. The van der Waals surface area contributed by atoms with E-state index in [2.05, 4.69) is 10.3 Å². The number of halogens is 2. The average molecular weight is 419 g/mol. The smallest absolute Gasteiger partial charge is 0.262 e. The van der Waals surface area contributed by atoms with Crippen molar-refractivity contribution in [3.8, 4) is 0 Å². The lowest BCUT2D eigenvalue weighted by Crippen LogP contribution is -2.34. The predicted octanol–water partition coefficient (Wildman–Crippen LogP) is 3.42. The topological polar surface area (TPSA) is 56.2 Å². The molecule has 0 fully saturated rings. The van der Waals surface area contributed by atoms with Crippen LogP contribution >= 0.6 is 11.3 Å². The molecular formula is C21H23F2N3O2S. The monoisotopic (exact) mass is 419 g/mol. The Morgan fingerprint density at radius 1 is 1.34 bits per heavy atom. The number of ether oxygens (including phenoxy) is 1. The Morgan fingerprint density at radius 2 is 2.14 bits per heavy atom. The fourth-order valence-electron chi connectivity index (χ4n) is 3.86. The first-order chi connectivity index (χ1) is 14.1. The van der Waals surface area contributed by atoms with Crippen molar-refractivity contribution in [2.75, 3.05) is 13.7 Å². The third-order valence-corrected chi connectivity index (χ3v) is 6.57. The minimum Gasteiger partial charge on any atom is -0.385 e. The molecule has 0 spiro atoms. The third kappa shape index (κ3) is 4.10. The van der Waals surface area contributed by atoms with Crippen molar-refractivity contribution in [1.29, 1.82) is 0 Å². The zero-order valence-electron chi connectivity index (χ0n) is 16.2. The summed E-state index contributed by atoms with van der Waals surface area (Å²) < 4.78 is 34.4. The van der Waals surface area contributed by atoms with Crippen LogP contribution in [0.1, 0.15) is 28.8 Å². The third-order valence-electron chi connectivity index (χ3n) is 5.41. The average Bonchev–Trinajstić information content (AvgIpc) is 3.08. The second-order valence-electron chi connectivity index (χ2n) is 7.29. The van der Waals surface area contributed by atoms with Gasteiger partial charge in [0.15, 0.2) is 0 Å². The van der Waals surface area contributed by atoms with Crippen LogP contribution in [0, 0.1) is 11.6 Å². The minimum absolute atomic E-state index is 0.00319. The predicted molar refractivity (Wildman–Crippen MR) is 109 cm³/mol. The van der Waals surface area contributed by atoms with Crippen LogP contribution in [-0.2, 0) is 30.7 Å². The Hall–Kier alpha value is -2.16. The summed E-state index contributed by atoms with van der Waals surface area (Å²) in [6.07, 6.45) is 4.67. The van der Waals surface area contributed by atoms with Crippen molar-refractivity contribution < 1.29 is 13.5 Å². The van der Waals surface area contributed by atoms with Gasteiger partial charge in [-0.1, -0.05) is 6.07 Å². The number of nitrogens with zero attached hydrogens (tertiary/aromatic N) is 2. The number of hydrogen-bond donors (Lipinski definition) is 1. The van der Waals surface area contributed by atoms with Crippen LogP contribution in [0.3, 0.4) is 0 Å². The van der Waals surface area contributed by atoms with Gasteiger partial charge in [0.05, 0.1) is 11.7 Å². The summed E-state index contributed by atoms with van der Waals surface area (Å²) >= 11 is 1.55. The fraction of sp³-hybridized carbons (Fsp3) is 0.429. The van der Waals surface area contributed by atoms with E-state index in [9.17, 15) is 13.6 Å². The van der Waals surface area contributed by atoms with Crippen molar-refractivity contribution in [3.63, 3.8) is 0 Å². The van der Waals surface area contributed by atoms with Gasteiger partial charge in [-0.25, -0.2) is 13.8 Å². The summed E-state index contributed by atoms with van der Waals surface area (Å²) in [6, 6.07) is 4.02. The largest absolute Gasteiger partial charge is 0.385 e. The Bertz CT molecular complexity index is 1060. The molecule has 4 rings (SSSR count). The molecule has 0 amide bonds. The summed E-state index contributed by atoms with van der Waals surface area (Å²) in [5.74, 6) is -1.07. The molecule has 0 bridgehead atoms. The standard InChI is InChI=1S/C21H23F2N3O2S/c1-28-9-3-8-26-12-25-20-19(21(26)27)14-7-6-13(10-18(14)29-20)24-11-15-16(22)4-2-5-17(15)23/h2,4-5,12-13,24H,3,6-11H2,1H3. The lowest BCUT2D eigenvalue weighted by molar-refractivity contribution is 0.190. The minimum atomic E-state index is -0.533. The SMILES string of the molecule is COCCCn1cnc2sc3c(c2c1=O)CCC(NCc1c(F)cccc1F)C3. The fourth-order valence-corrected chi connectivity index (χ4v) is 5.12. The highest BCUT2D eigenvalue weighted by Gasteiger charge is 2.25. The molecule has 1 aliphatic rings. The van der Waals surface area contributed by atoms with Crippen LogP contribution in [0.4, 0.5) is 8.78 Å². The van der Waals surface area contributed by atoms with Crippen LogP contribution in [0.5, 0.6) is 0 Å². The molecule has 1 aromatic carbocycles. The Morgan fingerprint density at radius 3 is 2.90 bits per heavy atom. The molecule has 2 aromatic heterocycles. The summed E-state index contributed by atoms with van der Waals surface area (Å²) in [5.41, 5.74) is 1.15. The van der Waals surface area contributed by atoms with Gasteiger partial charge in [-0.2, -0.15) is 0 Å². The quantitative estimate of drug-likeness (QED) is 0.597. The summed E-state index contributed by atoms with van der Waals surface area (Å²) in [5, 5.41) is 4.00. The number of aromatic nitrogens is 2. The Balaban J connectivity index is 1.51. The molecule has 1 atom stereocenters. The molecule has 0 saturated heterocycles. The first kappa shape index (κ1) is 20.1. The highest BCUT2D eigenvalue weighted by molar-refractivity contribution is 7.18. The van der Waals surface area contributed by atoms with Gasteiger partial charge in [0.25, 0.3) is 5.56 Å². The number of rotatable bonds is 7. The van der Waals surface area contributed by atoms with Crippen molar-refractivity contribution in [2.45, 2.75) is 44.8 Å². The molecule has 3 aromatic rings. The molecule has 5 nitrogen and oxygen atoms in total. The van der Waals surface area contributed by atoms with E-state index in [-0.39, 0.29) is 23.7 Å². The number of nitrogens with one attached hydrogen (secondary N) is 1. The molecule has 0 radical (unpaired) electrons. The van der Waals surface area contributed by atoms with Crippen molar-refractivity contribution in [1.82, 2.24) is 14.9 Å². The molecular weight excluding hydrogens is 396 g/mol. The number of aryl methyl sites for hydroxylation is 2. The van der Waals surface area contributed by atoms with Gasteiger partial charge in [-0.05, 0) is 43.4 Å². The number of hydrogen-bond acceptors (Lipinski definition) is 5. The maximum absolute atomic E-state index is 13.8. The molecule has 2 heterocycles. The summed E-state index contributed by atoms with van der Waals surface area (Å²) in [4.78, 5) is 19.3. The number of methoxy groups -OCH3 is 1. The van der Waals surface area contributed by atoms with E-state index >= 15 is 0 Å². The van der Waals surface area contributed by atoms with Gasteiger partial charge < -0.3 is 10.1 Å². The van der Waals surface area contributed by atoms with Gasteiger partial charge in [-0.3, -0.25) is 9.36 Å². The summed E-state index contributed by atoms with van der Waals surface area (Å²) in [7, 11) is 1.64. The molecule has 1 aliphatic carbocycles. The number of benzene rings is 1. The van der Waals surface area contributed by atoms with E-state index < -0.39 is 11.6 Å². The van der Waals surface area contributed by atoms with Crippen LogP contribution in [-0.4, -0.2) is 29.3 Å². The molecule has 1 N–H and O–H groups in total. The van der Waals surface area contributed by atoms with Gasteiger partial charge in [0.2, 0.25) is 0 Å². The number of thiophene rings is 1. The Labute approximate surface area is 171 Å². The van der Waals surface area contributed by atoms with Crippen LogP contribution in [0.25, 0.3) is 10.2 Å². The maximum atomic E-state index is 13.8. The van der Waals surface area contributed by atoms with Crippen LogP contribution in [0.2, 0.25) is 0 Å². The number of fused-ring (bicyclic) bond motifs is 3. The first-order valence-electron chi connectivity index (χ1n) is 9.73. The molecule has 8 heteroatoms. The van der Waals surface area contributed by atoms with Crippen molar-refractivity contribution in [2.24, 2.45) is 0 Å². The first-order valence-corrected chi connectivity index (χ1v) is 10.5. The van der Waals surface area contributed by atoms with E-state index in [0.717, 1.165) is 46.3 Å². The van der Waals surface area contributed by atoms with E-state index in [1.807, 2.05) is 0 Å². The summed E-state index contributed by atoms with van der Waals surface area (Å²) in [6.45, 7) is 1.33. The molecule has 1 unspecified atom stereocenters. The van der Waals surface area contributed by atoms with Crippen LogP contribution < -0.4 is 10.9 Å². The lowest BCUT2D eigenvalue weighted by atomic mass is 9.93. The highest BCUT2D eigenvalue weighted by Crippen LogP contribution is 2.33. The maximum Gasteiger partial charge on any atom is 0.262 e. The van der Waals surface area contributed by atoms with Crippen molar-refractivity contribution in [3.05, 3.63) is 62.5 Å². The molecule has 0 aliphatic heterocycles. The Kier molecular flexibility index (Phi) is 6.03. The van der Waals surface area contributed by atoms with Gasteiger partial charge in [0, 0.05) is 43.3 Å². The highest BCUT2D eigenvalue weighted by atomic mass is 32.1. The normalized spacial score (nSPS) is 16.3. The zero-order valence-corrected chi connectivity index (χ0v) is 17.0. The van der Waals surface area contributed by atoms with E-state index in [0.29, 0.717) is 13.2 Å². The molecule has 0 saturated carbocycles. The van der Waals surface area contributed by atoms with E-state index in [4.69, 9.17) is 4.74 Å². The lowest BCUT2D eigenvalue weighted by Gasteiger charge is -2.23. The molecule has 29 heavy (non-hydrogen) atoms. The van der Waals surface area contributed by atoms with Crippen molar-refractivity contribution >= 4 is 21.6 Å². The van der Waals surface area contributed by atoms with E-state index in [1.165, 1.54) is 18.2 Å². The van der Waals surface area contributed by atoms with Crippen LogP contribution in [0.15, 0.2) is 29.3 Å². The van der Waals surface area contributed by atoms with E-state index in [1.54, 1.807) is 29.3 Å². The second kappa shape index (κ2) is 8.69. The van der Waals surface area contributed by atoms with Gasteiger partial charge in [-0.15, -0.1) is 11.3 Å². The zero-order chi connectivity index (χ0) is 20.4.